The maximum Gasteiger partial charge on any atom is 0.303 e. The van der Waals surface area contributed by atoms with Crippen molar-refractivity contribution in [2.75, 3.05) is 0 Å². The van der Waals surface area contributed by atoms with Gasteiger partial charge >= 0.3 is 11.9 Å². The van der Waals surface area contributed by atoms with Gasteiger partial charge in [-0.3, -0.25) is 9.59 Å². The minimum absolute atomic E-state index is 0.0881. The predicted octanol–water partition coefficient (Wildman–Crippen LogP) is 0.942. The SMILES string of the molecule is C=C1[C@@H]2C[C@H](OC(C)=O)[C@H]3[C@@]4(C)[C@H]([C@@H](O)[C@H](OC(C)=O)[C@]3(C2)[C@@H]1O)C(C)(C)[C@@H](O)C[C@@H]4O. The van der Waals surface area contributed by atoms with Crippen molar-refractivity contribution in [2.24, 2.45) is 34.0 Å². The van der Waals surface area contributed by atoms with Crippen LogP contribution in [-0.4, -0.2) is 69.0 Å². The van der Waals surface area contributed by atoms with Crippen LogP contribution in [0.25, 0.3) is 0 Å². The van der Waals surface area contributed by atoms with Gasteiger partial charge in [-0.25, -0.2) is 0 Å². The van der Waals surface area contributed by atoms with E-state index in [-0.39, 0.29) is 12.3 Å². The van der Waals surface area contributed by atoms with E-state index in [1.807, 2.05) is 20.8 Å². The van der Waals surface area contributed by atoms with E-state index in [4.69, 9.17) is 9.47 Å². The minimum Gasteiger partial charge on any atom is -0.462 e. The largest absolute Gasteiger partial charge is 0.462 e. The Bertz CT molecular complexity index is 838. The molecule has 4 N–H and O–H groups in total. The van der Waals surface area contributed by atoms with Crippen molar-refractivity contribution >= 4 is 11.9 Å². The molecule has 0 heterocycles. The second-order valence-electron chi connectivity index (χ2n) is 11.3. The third-order valence-electron chi connectivity index (χ3n) is 9.41. The summed E-state index contributed by atoms with van der Waals surface area (Å²) in [6.45, 7) is 12.2. The summed E-state index contributed by atoms with van der Waals surface area (Å²) in [5, 5.41) is 45.5. The molecule has 0 saturated heterocycles. The molecule has 11 atom stereocenters. The number of ether oxygens (including phenoxy) is 2. The van der Waals surface area contributed by atoms with Crippen molar-refractivity contribution in [1.82, 2.24) is 0 Å². The smallest absolute Gasteiger partial charge is 0.303 e. The van der Waals surface area contributed by atoms with Crippen molar-refractivity contribution in [2.45, 2.75) is 90.5 Å². The molecule has 4 fully saturated rings. The number of aliphatic hydroxyl groups excluding tert-OH is 4. The molecule has 0 amide bonds. The van der Waals surface area contributed by atoms with Gasteiger partial charge in [0.2, 0.25) is 0 Å². The molecule has 4 rings (SSSR count). The van der Waals surface area contributed by atoms with E-state index in [1.54, 1.807) is 0 Å². The summed E-state index contributed by atoms with van der Waals surface area (Å²) in [5.74, 6) is -2.56. The number of fused-ring (bicyclic) bond motifs is 3. The number of hydrogen-bond donors (Lipinski definition) is 4. The first-order valence-electron chi connectivity index (χ1n) is 11.5. The van der Waals surface area contributed by atoms with Crippen LogP contribution in [0.2, 0.25) is 0 Å². The highest BCUT2D eigenvalue weighted by Crippen LogP contribution is 2.72. The van der Waals surface area contributed by atoms with Crippen LogP contribution in [0.4, 0.5) is 0 Å². The maximum atomic E-state index is 12.2. The molecule has 8 nitrogen and oxygen atoms in total. The topological polar surface area (TPSA) is 134 Å². The van der Waals surface area contributed by atoms with E-state index in [2.05, 4.69) is 6.58 Å². The third kappa shape index (κ3) is 2.82. The quantitative estimate of drug-likeness (QED) is 0.359. The summed E-state index contributed by atoms with van der Waals surface area (Å²) < 4.78 is 11.5. The van der Waals surface area contributed by atoms with E-state index >= 15 is 0 Å². The molecule has 0 aromatic carbocycles. The van der Waals surface area contributed by atoms with Gasteiger partial charge in [-0.2, -0.15) is 0 Å². The molecule has 180 valence electrons. The van der Waals surface area contributed by atoms with Gasteiger partial charge in [0.1, 0.15) is 12.2 Å². The minimum atomic E-state index is -1.25. The highest BCUT2D eigenvalue weighted by molar-refractivity contribution is 5.67. The molecule has 4 aliphatic rings. The van der Waals surface area contributed by atoms with Gasteiger partial charge < -0.3 is 29.9 Å². The van der Waals surface area contributed by atoms with Crippen molar-refractivity contribution in [3.8, 4) is 0 Å². The van der Waals surface area contributed by atoms with Gasteiger partial charge in [0.05, 0.1) is 24.4 Å². The molecule has 2 bridgehead atoms. The molecule has 0 unspecified atom stereocenters. The Kier molecular flexibility index (Phi) is 5.37. The summed E-state index contributed by atoms with van der Waals surface area (Å²) in [6, 6.07) is 0. The lowest BCUT2D eigenvalue weighted by Crippen LogP contribution is -2.77. The predicted molar refractivity (Wildman–Crippen MR) is 113 cm³/mol. The van der Waals surface area contributed by atoms with E-state index in [1.165, 1.54) is 13.8 Å². The maximum absolute atomic E-state index is 12.2. The lowest BCUT2D eigenvalue weighted by atomic mass is 9.37. The van der Waals surface area contributed by atoms with Gasteiger partial charge in [0, 0.05) is 42.9 Å². The fourth-order valence-corrected chi connectivity index (χ4v) is 8.33. The Morgan fingerprint density at radius 2 is 1.53 bits per heavy atom. The summed E-state index contributed by atoms with van der Waals surface area (Å²) in [6.07, 6.45) is -5.12. The van der Waals surface area contributed by atoms with Crippen molar-refractivity contribution < 1.29 is 39.5 Å². The average molecular weight is 453 g/mol. The van der Waals surface area contributed by atoms with Gasteiger partial charge in [-0.05, 0) is 29.7 Å². The van der Waals surface area contributed by atoms with Gasteiger partial charge in [-0.15, -0.1) is 0 Å². The molecule has 0 aromatic heterocycles. The second-order valence-corrected chi connectivity index (χ2v) is 11.3. The van der Waals surface area contributed by atoms with Gasteiger partial charge in [0.25, 0.3) is 0 Å². The van der Waals surface area contributed by atoms with Gasteiger partial charge in [0.15, 0.2) is 0 Å². The zero-order valence-corrected chi connectivity index (χ0v) is 19.4. The van der Waals surface area contributed by atoms with Crippen LogP contribution >= 0.6 is 0 Å². The molecule has 32 heavy (non-hydrogen) atoms. The van der Waals surface area contributed by atoms with Crippen LogP contribution in [0, 0.1) is 34.0 Å². The summed E-state index contributed by atoms with van der Waals surface area (Å²) in [4.78, 5) is 24.2. The summed E-state index contributed by atoms with van der Waals surface area (Å²) in [5.41, 5.74) is -2.47. The van der Waals surface area contributed by atoms with Crippen LogP contribution in [0.5, 0.6) is 0 Å². The normalized spacial score (nSPS) is 51.4. The lowest BCUT2D eigenvalue weighted by Gasteiger charge is -2.69. The highest BCUT2D eigenvalue weighted by Gasteiger charge is 2.78. The van der Waals surface area contributed by atoms with E-state index in [0.29, 0.717) is 18.4 Å². The fraction of sp³-hybridized carbons (Fsp3) is 0.833. The molecular formula is C24H36O8. The zero-order chi connectivity index (χ0) is 24.0. The van der Waals surface area contributed by atoms with Crippen molar-refractivity contribution in [3.05, 3.63) is 12.2 Å². The molecule has 4 aliphatic carbocycles. The second kappa shape index (κ2) is 7.26. The lowest BCUT2D eigenvalue weighted by molar-refractivity contribution is -0.322. The van der Waals surface area contributed by atoms with Crippen LogP contribution in [0.15, 0.2) is 12.2 Å². The van der Waals surface area contributed by atoms with Crippen molar-refractivity contribution in [1.29, 1.82) is 0 Å². The monoisotopic (exact) mass is 452 g/mol. The van der Waals surface area contributed by atoms with Gasteiger partial charge in [-0.1, -0.05) is 27.4 Å². The van der Waals surface area contributed by atoms with Crippen LogP contribution in [0.1, 0.15) is 53.9 Å². The van der Waals surface area contributed by atoms with E-state index in [0.717, 1.165) is 0 Å². The fourth-order valence-electron chi connectivity index (χ4n) is 8.33. The number of rotatable bonds is 2. The number of hydrogen-bond acceptors (Lipinski definition) is 8. The molecule has 0 aromatic rings. The molecule has 4 saturated carbocycles. The standard InChI is InChI=1S/C24H36O8/c1-10-13-7-14(31-11(2)25)18-23(6)16(28)8-15(27)22(4,5)19(23)17(29)21(32-12(3)26)24(18,9-13)20(10)30/h13-21,27-30H,1,7-9H2,2-6H3/t13-,14+,15+,16+,17-,18+,19-,20-,21+,23+,24+/m1/s1. The number of carbonyl (C=O) groups excluding carboxylic acids is 2. The number of esters is 2. The first kappa shape index (κ1) is 23.7. The molecular weight excluding hydrogens is 416 g/mol. The molecule has 0 radical (unpaired) electrons. The average Bonchev–Trinajstić information content (AvgIpc) is 2.85. The molecule has 8 heteroatoms. The Balaban J connectivity index is 2.00. The number of carbonyl (C=O) groups is 2. The van der Waals surface area contributed by atoms with Crippen LogP contribution < -0.4 is 0 Å². The Hall–Kier alpha value is -1.48. The Morgan fingerprint density at radius 3 is 2.09 bits per heavy atom. The molecule has 1 spiro atoms. The van der Waals surface area contributed by atoms with Crippen molar-refractivity contribution in [3.63, 3.8) is 0 Å². The Labute approximate surface area is 188 Å². The number of aliphatic hydroxyl groups is 4. The van der Waals surface area contributed by atoms with Crippen LogP contribution in [-0.2, 0) is 19.1 Å². The summed E-state index contributed by atoms with van der Waals surface area (Å²) >= 11 is 0. The molecule has 0 aliphatic heterocycles. The third-order valence-corrected chi connectivity index (χ3v) is 9.41. The summed E-state index contributed by atoms with van der Waals surface area (Å²) in [7, 11) is 0. The first-order valence-corrected chi connectivity index (χ1v) is 11.5. The van der Waals surface area contributed by atoms with E-state index in [9.17, 15) is 30.0 Å². The first-order chi connectivity index (χ1) is 14.7. The van der Waals surface area contributed by atoms with Crippen LogP contribution in [0.3, 0.4) is 0 Å². The van der Waals surface area contributed by atoms with E-state index < -0.39 is 76.6 Å². The Morgan fingerprint density at radius 1 is 0.938 bits per heavy atom. The highest BCUT2D eigenvalue weighted by atomic mass is 16.6. The zero-order valence-electron chi connectivity index (χ0n) is 19.4.